The van der Waals surface area contributed by atoms with Gasteiger partial charge in [-0.2, -0.15) is 0 Å². The number of hydrogen-bond acceptors (Lipinski definition) is 2. The van der Waals surface area contributed by atoms with Gasteiger partial charge in [-0.15, -0.1) is 0 Å². The molecular weight excluding hydrogens is 631 g/mol. The summed E-state index contributed by atoms with van der Waals surface area (Å²) in [5, 5.41) is 2.31. The average molecular weight is 674 g/mol. The zero-order chi connectivity index (χ0) is 35.7. The molecule has 0 bridgehead atoms. The third-order valence-corrected chi connectivity index (χ3v) is 10.4. The van der Waals surface area contributed by atoms with Crippen molar-refractivity contribution in [2.45, 2.75) is 44.9 Å². The van der Waals surface area contributed by atoms with Gasteiger partial charge in [0.15, 0.2) is 0 Å². The Morgan fingerprint density at radius 1 is 0.481 bits per heavy atom. The first-order chi connectivity index (χ1) is 25.4. The molecule has 0 N–H and O–H groups in total. The van der Waals surface area contributed by atoms with Crippen LogP contribution in [0.3, 0.4) is 0 Å². The van der Waals surface area contributed by atoms with Crippen LogP contribution in [0.4, 0.5) is 0 Å². The van der Waals surface area contributed by atoms with E-state index in [1.807, 2.05) is 12.4 Å². The van der Waals surface area contributed by atoms with Gasteiger partial charge in [0.1, 0.15) is 5.82 Å². The second-order valence-electron chi connectivity index (χ2n) is 14.3. The van der Waals surface area contributed by atoms with Crippen molar-refractivity contribution in [1.29, 1.82) is 0 Å². The molecule has 0 spiro atoms. The molecule has 0 amide bonds. The summed E-state index contributed by atoms with van der Waals surface area (Å²) in [5.74, 6) is 1.66. The van der Waals surface area contributed by atoms with Crippen molar-refractivity contribution < 1.29 is 0 Å². The van der Waals surface area contributed by atoms with Crippen molar-refractivity contribution in [1.82, 2.24) is 14.5 Å². The summed E-state index contributed by atoms with van der Waals surface area (Å²) in [5.41, 5.74) is 11.1. The average Bonchev–Trinajstić information content (AvgIpc) is 3.69. The third-order valence-electron chi connectivity index (χ3n) is 10.4. The molecule has 3 heteroatoms. The van der Waals surface area contributed by atoms with Gasteiger partial charge in [-0.25, -0.2) is 4.98 Å². The maximum atomic E-state index is 5.04. The third kappa shape index (κ3) is 5.82. The Kier molecular flexibility index (Phi) is 8.86. The second kappa shape index (κ2) is 13.9. The molecular formula is C49H43N3. The van der Waals surface area contributed by atoms with E-state index in [1.54, 1.807) is 0 Å². The zero-order valence-corrected chi connectivity index (χ0v) is 30.2. The number of benzene rings is 6. The standard InChI is InChI=1S/C49H43N3/c1-34(2)44-26-15-27-45(35(3)4)47(44)52-29-28-50-48(52)38-19-14-25-43(31-38)49(40-20-7-5-8-21-40,41-22-9-6-10-23-41)42-24-13-18-37(30-42)46-32-36-16-11-12-17-39(36)33-51-46/h5-35H,1-4H3. The molecule has 0 fully saturated rings. The fourth-order valence-electron chi connectivity index (χ4n) is 7.91. The van der Waals surface area contributed by atoms with Crippen LogP contribution in [-0.4, -0.2) is 14.5 Å². The highest BCUT2D eigenvalue weighted by Gasteiger charge is 2.39. The fraction of sp³-hybridized carbons (Fsp3) is 0.143. The number of imidazole rings is 1. The van der Waals surface area contributed by atoms with Crippen LogP contribution in [0.2, 0.25) is 0 Å². The lowest BCUT2D eigenvalue weighted by molar-refractivity contribution is 0.745. The van der Waals surface area contributed by atoms with Crippen molar-refractivity contribution in [3.8, 4) is 28.3 Å². The summed E-state index contributed by atoms with van der Waals surface area (Å²) in [6.07, 6.45) is 6.04. The molecule has 6 aromatic carbocycles. The van der Waals surface area contributed by atoms with Crippen molar-refractivity contribution >= 4 is 10.8 Å². The molecule has 0 atom stereocenters. The predicted octanol–water partition coefficient (Wildman–Crippen LogP) is 12.4. The van der Waals surface area contributed by atoms with Crippen LogP contribution in [0, 0.1) is 0 Å². The highest BCUT2D eigenvalue weighted by molar-refractivity contribution is 5.85. The molecule has 0 unspecified atom stereocenters. The number of aromatic nitrogens is 3. The SMILES string of the molecule is CC(C)c1cccc(C(C)C)c1-n1ccnc1-c1cccc(C(c2ccccc2)(c2ccccc2)c2cccc(-c3cc4ccccc4cn3)c2)c1. The Bertz CT molecular complexity index is 2410. The molecule has 0 saturated heterocycles. The molecule has 3 nitrogen and oxygen atoms in total. The van der Waals surface area contributed by atoms with Crippen LogP contribution < -0.4 is 0 Å². The van der Waals surface area contributed by atoms with E-state index in [4.69, 9.17) is 9.97 Å². The van der Waals surface area contributed by atoms with Gasteiger partial charge in [0.05, 0.1) is 16.8 Å². The van der Waals surface area contributed by atoms with Crippen LogP contribution in [0.25, 0.3) is 39.1 Å². The summed E-state index contributed by atoms with van der Waals surface area (Å²) in [4.78, 5) is 9.97. The Morgan fingerprint density at radius 3 is 1.62 bits per heavy atom. The van der Waals surface area contributed by atoms with Crippen molar-refractivity contribution in [3.05, 3.63) is 210 Å². The van der Waals surface area contributed by atoms with E-state index in [0.717, 1.165) is 28.0 Å². The zero-order valence-electron chi connectivity index (χ0n) is 30.2. The van der Waals surface area contributed by atoms with Gasteiger partial charge in [-0.1, -0.05) is 167 Å². The fourth-order valence-corrected chi connectivity index (χ4v) is 7.91. The molecule has 0 aliphatic rings. The van der Waals surface area contributed by atoms with Crippen molar-refractivity contribution in [2.24, 2.45) is 0 Å². The quantitative estimate of drug-likeness (QED) is 0.143. The highest BCUT2D eigenvalue weighted by Crippen LogP contribution is 2.47. The monoisotopic (exact) mass is 673 g/mol. The first-order valence-electron chi connectivity index (χ1n) is 18.3. The van der Waals surface area contributed by atoms with E-state index in [0.29, 0.717) is 11.8 Å². The molecule has 8 rings (SSSR count). The molecule has 2 aromatic heterocycles. The minimum absolute atomic E-state index is 0.364. The van der Waals surface area contributed by atoms with E-state index >= 15 is 0 Å². The number of pyridine rings is 1. The molecule has 254 valence electrons. The number of rotatable bonds is 9. The largest absolute Gasteiger partial charge is 0.299 e. The summed E-state index contributed by atoms with van der Waals surface area (Å²) >= 11 is 0. The van der Waals surface area contributed by atoms with Gasteiger partial charge in [0.2, 0.25) is 0 Å². The number of para-hydroxylation sites is 1. The van der Waals surface area contributed by atoms with Crippen molar-refractivity contribution in [3.63, 3.8) is 0 Å². The Balaban J connectivity index is 1.37. The maximum Gasteiger partial charge on any atom is 0.144 e. The smallest absolute Gasteiger partial charge is 0.144 e. The first-order valence-corrected chi connectivity index (χ1v) is 18.3. The van der Waals surface area contributed by atoms with E-state index in [9.17, 15) is 0 Å². The Morgan fingerprint density at radius 2 is 1.00 bits per heavy atom. The van der Waals surface area contributed by atoms with Gasteiger partial charge in [0, 0.05) is 35.1 Å². The van der Waals surface area contributed by atoms with Gasteiger partial charge in [-0.3, -0.25) is 9.55 Å². The topological polar surface area (TPSA) is 30.7 Å². The number of hydrogen-bond donors (Lipinski definition) is 0. The second-order valence-corrected chi connectivity index (χ2v) is 14.3. The molecule has 0 radical (unpaired) electrons. The summed E-state index contributed by atoms with van der Waals surface area (Å²) in [6.45, 7) is 9.09. The maximum absolute atomic E-state index is 5.04. The van der Waals surface area contributed by atoms with E-state index < -0.39 is 5.41 Å². The lowest BCUT2D eigenvalue weighted by atomic mass is 9.64. The van der Waals surface area contributed by atoms with Crippen LogP contribution >= 0.6 is 0 Å². The minimum atomic E-state index is -0.637. The molecule has 0 aliphatic carbocycles. The Labute approximate surface area is 307 Å². The lowest BCUT2D eigenvalue weighted by Crippen LogP contribution is -2.31. The van der Waals surface area contributed by atoms with Crippen LogP contribution in [0.1, 0.15) is 72.9 Å². The van der Waals surface area contributed by atoms with E-state index in [1.165, 1.54) is 44.5 Å². The summed E-state index contributed by atoms with van der Waals surface area (Å²) < 4.78 is 2.31. The van der Waals surface area contributed by atoms with E-state index in [-0.39, 0.29) is 0 Å². The molecule has 0 saturated carbocycles. The van der Waals surface area contributed by atoms with Gasteiger partial charge >= 0.3 is 0 Å². The van der Waals surface area contributed by atoms with Crippen LogP contribution in [0.5, 0.6) is 0 Å². The van der Waals surface area contributed by atoms with Gasteiger partial charge < -0.3 is 0 Å². The normalized spacial score (nSPS) is 11.8. The number of fused-ring (bicyclic) bond motifs is 1. The van der Waals surface area contributed by atoms with Crippen LogP contribution in [-0.2, 0) is 5.41 Å². The molecule has 0 aliphatic heterocycles. The van der Waals surface area contributed by atoms with Gasteiger partial charge in [0.25, 0.3) is 0 Å². The highest BCUT2D eigenvalue weighted by atomic mass is 15.1. The minimum Gasteiger partial charge on any atom is -0.299 e. The number of nitrogens with zero attached hydrogens (tertiary/aromatic N) is 3. The lowest BCUT2D eigenvalue weighted by Gasteiger charge is -2.37. The summed E-state index contributed by atoms with van der Waals surface area (Å²) in [7, 11) is 0. The van der Waals surface area contributed by atoms with Crippen molar-refractivity contribution in [2.75, 3.05) is 0 Å². The summed E-state index contributed by atoms with van der Waals surface area (Å²) in [6, 6.07) is 57.1. The Hall–Kier alpha value is -6.06. The van der Waals surface area contributed by atoms with Crippen LogP contribution in [0.15, 0.2) is 176 Å². The molecule has 8 aromatic rings. The molecule has 2 heterocycles. The van der Waals surface area contributed by atoms with E-state index in [2.05, 4.69) is 196 Å². The van der Waals surface area contributed by atoms with Gasteiger partial charge in [-0.05, 0) is 68.8 Å². The predicted molar refractivity (Wildman–Crippen MR) is 216 cm³/mol. The first kappa shape index (κ1) is 33.1. The molecule has 52 heavy (non-hydrogen) atoms.